The van der Waals surface area contributed by atoms with Crippen LogP contribution in [-0.2, 0) is 6.54 Å². The Morgan fingerprint density at radius 1 is 1.24 bits per heavy atom. The number of hydrogen-bond donors (Lipinski definition) is 1. The molecule has 0 spiro atoms. The van der Waals surface area contributed by atoms with Gasteiger partial charge in [-0.1, -0.05) is 70.9 Å². The highest BCUT2D eigenvalue weighted by atomic mass is 16.5. The average molecular weight is 289 g/mol. The van der Waals surface area contributed by atoms with Crippen LogP contribution in [0.4, 0.5) is 0 Å². The molecule has 0 radical (unpaired) electrons. The zero-order valence-corrected chi connectivity index (χ0v) is 14.0. The van der Waals surface area contributed by atoms with E-state index in [2.05, 4.69) is 44.8 Å². The van der Waals surface area contributed by atoms with Gasteiger partial charge in [-0.05, 0) is 17.9 Å². The first-order chi connectivity index (χ1) is 10.1. The van der Waals surface area contributed by atoms with Gasteiger partial charge >= 0.3 is 0 Å². The molecule has 1 aromatic carbocycles. The van der Waals surface area contributed by atoms with Gasteiger partial charge in [0, 0.05) is 18.7 Å². The van der Waals surface area contributed by atoms with Crippen LogP contribution in [0.15, 0.2) is 36.9 Å². The number of rotatable bonds is 11. The van der Waals surface area contributed by atoms with Crippen molar-refractivity contribution in [2.24, 2.45) is 5.41 Å². The van der Waals surface area contributed by atoms with Crippen LogP contribution in [0, 0.1) is 5.41 Å². The van der Waals surface area contributed by atoms with Gasteiger partial charge in [-0.25, -0.2) is 0 Å². The van der Waals surface area contributed by atoms with Crippen molar-refractivity contribution in [2.75, 3.05) is 13.2 Å². The molecule has 2 nitrogen and oxygen atoms in total. The van der Waals surface area contributed by atoms with Crippen LogP contribution >= 0.6 is 0 Å². The summed E-state index contributed by atoms with van der Waals surface area (Å²) in [6.07, 6.45) is 7.01. The van der Waals surface area contributed by atoms with E-state index in [1.807, 2.05) is 12.1 Å². The fourth-order valence-corrected chi connectivity index (χ4v) is 2.42. The van der Waals surface area contributed by atoms with Gasteiger partial charge in [0.25, 0.3) is 0 Å². The van der Waals surface area contributed by atoms with E-state index >= 15 is 0 Å². The van der Waals surface area contributed by atoms with Crippen molar-refractivity contribution in [2.45, 2.75) is 53.0 Å². The second-order valence-corrected chi connectivity index (χ2v) is 6.43. The summed E-state index contributed by atoms with van der Waals surface area (Å²) in [6, 6.07) is 8.21. The van der Waals surface area contributed by atoms with E-state index in [0.29, 0.717) is 12.0 Å². The highest BCUT2D eigenvalue weighted by molar-refractivity contribution is 5.33. The number of hydrogen-bond acceptors (Lipinski definition) is 2. The summed E-state index contributed by atoms with van der Waals surface area (Å²) in [4.78, 5) is 0. The topological polar surface area (TPSA) is 21.3 Å². The Morgan fingerprint density at radius 3 is 2.71 bits per heavy atom. The van der Waals surface area contributed by atoms with Crippen molar-refractivity contribution in [3.05, 3.63) is 42.5 Å². The van der Waals surface area contributed by atoms with E-state index < -0.39 is 0 Å². The number of ether oxygens (including phenoxy) is 1. The highest BCUT2D eigenvalue weighted by Crippen LogP contribution is 2.23. The minimum Gasteiger partial charge on any atom is -0.489 e. The Balaban J connectivity index is 2.42. The molecule has 0 aliphatic carbocycles. The molecule has 0 amide bonds. The SMILES string of the molecule is C=CCOc1ccccc1CNCC(C)(C)CCCCC. The van der Waals surface area contributed by atoms with E-state index in [4.69, 9.17) is 4.74 Å². The van der Waals surface area contributed by atoms with E-state index in [-0.39, 0.29) is 0 Å². The summed E-state index contributed by atoms with van der Waals surface area (Å²) in [5.74, 6) is 0.952. The molecule has 0 aromatic heterocycles. The van der Waals surface area contributed by atoms with Crippen LogP contribution in [0.5, 0.6) is 5.75 Å². The maximum Gasteiger partial charge on any atom is 0.124 e. The average Bonchev–Trinajstić information content (AvgIpc) is 2.46. The zero-order chi connectivity index (χ0) is 15.6. The Bertz CT molecular complexity index is 412. The molecular weight excluding hydrogens is 258 g/mol. The third-order valence-electron chi connectivity index (χ3n) is 3.71. The summed E-state index contributed by atoms with van der Waals surface area (Å²) < 4.78 is 5.69. The summed E-state index contributed by atoms with van der Waals surface area (Å²) in [7, 11) is 0. The van der Waals surface area contributed by atoms with Gasteiger partial charge in [0.2, 0.25) is 0 Å². The van der Waals surface area contributed by atoms with Crippen molar-refractivity contribution in [1.29, 1.82) is 0 Å². The number of unbranched alkanes of at least 4 members (excludes halogenated alkanes) is 2. The molecule has 1 N–H and O–H groups in total. The second kappa shape index (κ2) is 9.62. The Kier molecular flexibility index (Phi) is 8.14. The van der Waals surface area contributed by atoms with Gasteiger partial charge in [-0.15, -0.1) is 0 Å². The smallest absolute Gasteiger partial charge is 0.124 e. The molecule has 0 atom stereocenters. The fraction of sp³-hybridized carbons (Fsp3) is 0.579. The first kappa shape index (κ1) is 17.8. The first-order valence-corrected chi connectivity index (χ1v) is 8.11. The van der Waals surface area contributed by atoms with Crippen LogP contribution in [-0.4, -0.2) is 13.2 Å². The molecule has 2 heteroatoms. The van der Waals surface area contributed by atoms with Gasteiger partial charge in [-0.2, -0.15) is 0 Å². The lowest BCUT2D eigenvalue weighted by Crippen LogP contribution is -2.29. The zero-order valence-electron chi connectivity index (χ0n) is 14.0. The van der Waals surface area contributed by atoms with Crippen molar-refractivity contribution >= 4 is 0 Å². The molecule has 1 rings (SSSR count). The van der Waals surface area contributed by atoms with E-state index in [0.717, 1.165) is 18.8 Å². The normalized spacial score (nSPS) is 11.4. The molecular formula is C19H31NO. The van der Waals surface area contributed by atoms with Crippen LogP contribution in [0.2, 0.25) is 0 Å². The molecule has 0 heterocycles. The Hall–Kier alpha value is -1.28. The summed E-state index contributed by atoms with van der Waals surface area (Å²) in [6.45, 7) is 13.1. The van der Waals surface area contributed by atoms with Gasteiger partial charge in [-0.3, -0.25) is 0 Å². The standard InChI is InChI=1S/C19H31NO/c1-5-7-10-13-19(3,4)16-20-15-17-11-8-9-12-18(17)21-14-6-2/h6,8-9,11-12,20H,2,5,7,10,13-16H2,1,3-4H3. The second-order valence-electron chi connectivity index (χ2n) is 6.43. The van der Waals surface area contributed by atoms with Crippen molar-refractivity contribution < 1.29 is 4.74 Å². The molecule has 0 unspecified atom stereocenters. The molecule has 0 saturated carbocycles. The molecule has 0 saturated heterocycles. The lowest BCUT2D eigenvalue weighted by atomic mass is 9.87. The molecule has 21 heavy (non-hydrogen) atoms. The molecule has 118 valence electrons. The summed E-state index contributed by atoms with van der Waals surface area (Å²) >= 11 is 0. The van der Waals surface area contributed by atoms with Crippen molar-refractivity contribution in [1.82, 2.24) is 5.32 Å². The fourth-order valence-electron chi connectivity index (χ4n) is 2.42. The Labute approximate surface area is 130 Å². The van der Waals surface area contributed by atoms with Gasteiger partial charge in [0.15, 0.2) is 0 Å². The lowest BCUT2D eigenvalue weighted by Gasteiger charge is -2.25. The van der Waals surface area contributed by atoms with Gasteiger partial charge < -0.3 is 10.1 Å². The minimum atomic E-state index is 0.353. The largest absolute Gasteiger partial charge is 0.489 e. The van der Waals surface area contributed by atoms with Crippen LogP contribution in [0.1, 0.15) is 52.0 Å². The number of benzene rings is 1. The van der Waals surface area contributed by atoms with Crippen molar-refractivity contribution in [3.8, 4) is 5.75 Å². The van der Waals surface area contributed by atoms with E-state index in [1.165, 1.54) is 31.2 Å². The third-order valence-corrected chi connectivity index (χ3v) is 3.71. The maximum atomic E-state index is 5.69. The number of para-hydroxylation sites is 1. The predicted octanol–water partition coefficient (Wildman–Crippen LogP) is 4.95. The first-order valence-electron chi connectivity index (χ1n) is 8.11. The van der Waals surface area contributed by atoms with Crippen molar-refractivity contribution in [3.63, 3.8) is 0 Å². The Morgan fingerprint density at radius 2 is 2.00 bits per heavy atom. The predicted molar refractivity (Wildman–Crippen MR) is 91.8 cm³/mol. The third kappa shape index (κ3) is 7.33. The molecule has 0 aliphatic rings. The molecule has 0 bridgehead atoms. The van der Waals surface area contributed by atoms with Gasteiger partial charge in [0.05, 0.1) is 0 Å². The highest BCUT2D eigenvalue weighted by Gasteiger charge is 2.16. The molecule has 0 fully saturated rings. The summed E-state index contributed by atoms with van der Waals surface area (Å²) in [5, 5.41) is 3.58. The van der Waals surface area contributed by atoms with E-state index in [1.54, 1.807) is 6.08 Å². The van der Waals surface area contributed by atoms with Crippen LogP contribution < -0.4 is 10.1 Å². The minimum absolute atomic E-state index is 0.353. The quantitative estimate of drug-likeness (QED) is 0.460. The van der Waals surface area contributed by atoms with Crippen LogP contribution in [0.25, 0.3) is 0 Å². The van der Waals surface area contributed by atoms with Crippen LogP contribution in [0.3, 0.4) is 0 Å². The monoisotopic (exact) mass is 289 g/mol. The lowest BCUT2D eigenvalue weighted by molar-refractivity contribution is 0.300. The number of nitrogens with one attached hydrogen (secondary N) is 1. The molecule has 0 aliphatic heterocycles. The van der Waals surface area contributed by atoms with E-state index in [9.17, 15) is 0 Å². The maximum absolute atomic E-state index is 5.69. The van der Waals surface area contributed by atoms with Gasteiger partial charge in [0.1, 0.15) is 12.4 Å². The molecule has 1 aromatic rings. The summed E-state index contributed by atoms with van der Waals surface area (Å²) in [5.41, 5.74) is 1.57.